The van der Waals surface area contributed by atoms with Crippen molar-refractivity contribution >= 4 is 17.2 Å². The van der Waals surface area contributed by atoms with Crippen LogP contribution in [0.2, 0.25) is 0 Å². The molecule has 0 aliphatic carbocycles. The predicted molar refractivity (Wildman–Crippen MR) is 57.4 cm³/mol. The molecule has 0 N–H and O–H groups in total. The van der Waals surface area contributed by atoms with Crippen LogP contribution in [0.4, 0.5) is 0 Å². The summed E-state index contributed by atoms with van der Waals surface area (Å²) in [5.41, 5.74) is 0. The maximum Gasteiger partial charge on any atom is 0.117 e. The van der Waals surface area contributed by atoms with Crippen molar-refractivity contribution in [3.63, 3.8) is 0 Å². The van der Waals surface area contributed by atoms with Crippen LogP contribution in [0.5, 0.6) is 0 Å². The first kappa shape index (κ1) is 10.5. The Bertz CT molecular complexity index is 232. The zero-order valence-electron chi connectivity index (χ0n) is 8.29. The van der Waals surface area contributed by atoms with E-state index in [0.29, 0.717) is 5.92 Å². The standard InChI is InChI=1S/C10H16N2S/c1-3-9(7-11)12-5-4-8(2)6-10(12)13/h8-9H,3-6H2,1-2H3. The van der Waals surface area contributed by atoms with Gasteiger partial charge in [0.15, 0.2) is 0 Å². The lowest BCUT2D eigenvalue weighted by atomic mass is 9.97. The highest BCUT2D eigenvalue weighted by molar-refractivity contribution is 7.80. The molecule has 1 heterocycles. The number of nitriles is 1. The number of nitrogens with zero attached hydrogens (tertiary/aromatic N) is 2. The summed E-state index contributed by atoms with van der Waals surface area (Å²) in [5, 5.41) is 8.91. The Kier molecular flexibility index (Phi) is 3.68. The highest BCUT2D eigenvalue weighted by atomic mass is 32.1. The van der Waals surface area contributed by atoms with Crippen LogP contribution < -0.4 is 0 Å². The second-order valence-electron chi connectivity index (χ2n) is 3.74. The molecule has 3 heteroatoms. The number of piperidine rings is 1. The molecule has 0 saturated carbocycles. The van der Waals surface area contributed by atoms with Gasteiger partial charge in [-0.15, -0.1) is 0 Å². The molecule has 1 rings (SSSR count). The van der Waals surface area contributed by atoms with Crippen molar-refractivity contribution in [1.82, 2.24) is 4.90 Å². The first-order valence-corrected chi connectivity index (χ1v) is 5.29. The van der Waals surface area contributed by atoms with Crippen molar-refractivity contribution in [3.8, 4) is 6.07 Å². The van der Waals surface area contributed by atoms with E-state index < -0.39 is 0 Å². The number of likely N-dealkylation sites (tertiary alicyclic amines) is 1. The van der Waals surface area contributed by atoms with Gasteiger partial charge in [-0.25, -0.2) is 0 Å². The molecule has 0 aromatic rings. The summed E-state index contributed by atoms with van der Waals surface area (Å²) < 4.78 is 0. The van der Waals surface area contributed by atoms with Crippen LogP contribution in [-0.2, 0) is 0 Å². The molecule has 0 aromatic carbocycles. The Morgan fingerprint density at radius 3 is 2.92 bits per heavy atom. The number of hydrogen-bond acceptors (Lipinski definition) is 2. The number of thiocarbonyl (C=S) groups is 1. The second kappa shape index (κ2) is 4.57. The smallest absolute Gasteiger partial charge is 0.117 e. The molecule has 1 aliphatic heterocycles. The van der Waals surface area contributed by atoms with Gasteiger partial charge in [-0.2, -0.15) is 5.26 Å². The Labute approximate surface area is 85.5 Å². The highest BCUT2D eigenvalue weighted by Crippen LogP contribution is 2.21. The molecule has 0 aromatic heterocycles. The monoisotopic (exact) mass is 196 g/mol. The van der Waals surface area contributed by atoms with Gasteiger partial charge in [0, 0.05) is 13.0 Å². The fourth-order valence-electron chi connectivity index (χ4n) is 1.71. The average molecular weight is 196 g/mol. The van der Waals surface area contributed by atoms with Gasteiger partial charge in [0.1, 0.15) is 6.04 Å². The van der Waals surface area contributed by atoms with E-state index in [-0.39, 0.29) is 6.04 Å². The minimum atomic E-state index is -0.000000000000000444. The van der Waals surface area contributed by atoms with Crippen LogP contribution >= 0.6 is 12.2 Å². The summed E-state index contributed by atoms with van der Waals surface area (Å²) in [5.74, 6) is 0.694. The molecule has 2 unspecified atom stereocenters. The van der Waals surface area contributed by atoms with Gasteiger partial charge in [-0.3, -0.25) is 0 Å². The molecule has 72 valence electrons. The fourth-order valence-corrected chi connectivity index (χ4v) is 2.22. The molecule has 1 aliphatic rings. The predicted octanol–water partition coefficient (Wildman–Crippen LogP) is 2.35. The van der Waals surface area contributed by atoms with E-state index in [1.807, 2.05) is 6.92 Å². The lowest BCUT2D eigenvalue weighted by molar-refractivity contribution is 0.293. The molecule has 1 saturated heterocycles. The first-order valence-electron chi connectivity index (χ1n) is 4.88. The van der Waals surface area contributed by atoms with E-state index in [2.05, 4.69) is 17.9 Å². The maximum atomic E-state index is 8.91. The van der Waals surface area contributed by atoms with Crippen molar-refractivity contribution in [2.75, 3.05) is 6.54 Å². The largest absolute Gasteiger partial charge is 0.350 e. The molecule has 0 bridgehead atoms. The van der Waals surface area contributed by atoms with E-state index in [1.54, 1.807) is 0 Å². The Balaban J connectivity index is 2.61. The second-order valence-corrected chi connectivity index (χ2v) is 4.21. The van der Waals surface area contributed by atoms with Crippen LogP contribution in [0, 0.1) is 17.2 Å². The summed E-state index contributed by atoms with van der Waals surface area (Å²) in [6.45, 7) is 5.22. The molecule has 0 amide bonds. The first-order chi connectivity index (χ1) is 6.19. The molecule has 2 nitrogen and oxygen atoms in total. The van der Waals surface area contributed by atoms with E-state index in [0.717, 1.165) is 24.4 Å². The van der Waals surface area contributed by atoms with Crippen molar-refractivity contribution in [2.24, 2.45) is 5.92 Å². The number of hydrogen-bond donors (Lipinski definition) is 0. The van der Waals surface area contributed by atoms with Gasteiger partial charge in [0.05, 0.1) is 11.1 Å². The zero-order valence-corrected chi connectivity index (χ0v) is 9.10. The third-order valence-corrected chi connectivity index (χ3v) is 3.02. The Morgan fingerprint density at radius 2 is 2.46 bits per heavy atom. The highest BCUT2D eigenvalue weighted by Gasteiger charge is 2.24. The van der Waals surface area contributed by atoms with Gasteiger partial charge in [0.25, 0.3) is 0 Å². The summed E-state index contributed by atoms with van der Waals surface area (Å²) in [4.78, 5) is 3.07. The summed E-state index contributed by atoms with van der Waals surface area (Å²) in [7, 11) is 0. The van der Waals surface area contributed by atoms with Gasteiger partial charge >= 0.3 is 0 Å². The third-order valence-electron chi connectivity index (χ3n) is 2.62. The molecule has 2 atom stereocenters. The van der Waals surface area contributed by atoms with Crippen LogP contribution in [0.25, 0.3) is 0 Å². The average Bonchev–Trinajstić information content (AvgIpc) is 2.10. The van der Waals surface area contributed by atoms with Crippen LogP contribution in [0.15, 0.2) is 0 Å². The van der Waals surface area contributed by atoms with E-state index in [4.69, 9.17) is 17.5 Å². The van der Waals surface area contributed by atoms with Gasteiger partial charge in [0.2, 0.25) is 0 Å². The van der Waals surface area contributed by atoms with E-state index >= 15 is 0 Å². The SMILES string of the molecule is CCC(C#N)N1CCC(C)CC1=S. The van der Waals surface area contributed by atoms with Crippen LogP contribution in [0.1, 0.15) is 33.1 Å². The van der Waals surface area contributed by atoms with Crippen molar-refractivity contribution < 1.29 is 0 Å². The van der Waals surface area contributed by atoms with Crippen molar-refractivity contribution in [1.29, 1.82) is 5.26 Å². The van der Waals surface area contributed by atoms with Crippen LogP contribution in [0.3, 0.4) is 0 Å². The molecule has 0 radical (unpaired) electrons. The van der Waals surface area contributed by atoms with Crippen LogP contribution in [-0.4, -0.2) is 22.5 Å². The summed E-state index contributed by atoms with van der Waals surface area (Å²) in [6.07, 6.45) is 3.01. The quantitative estimate of drug-likeness (QED) is 0.634. The molecule has 1 fully saturated rings. The maximum absolute atomic E-state index is 8.91. The minimum absolute atomic E-state index is 0.000000000000000444. The summed E-state index contributed by atoms with van der Waals surface area (Å²) in [6, 6.07) is 2.31. The lowest BCUT2D eigenvalue weighted by Crippen LogP contribution is -2.43. The van der Waals surface area contributed by atoms with Crippen molar-refractivity contribution in [3.05, 3.63) is 0 Å². The fraction of sp³-hybridized carbons (Fsp3) is 0.800. The van der Waals surface area contributed by atoms with Gasteiger partial charge < -0.3 is 4.90 Å². The molecular formula is C10H16N2S. The van der Waals surface area contributed by atoms with Gasteiger partial charge in [-0.05, 0) is 18.8 Å². The van der Waals surface area contributed by atoms with E-state index in [9.17, 15) is 0 Å². The zero-order chi connectivity index (χ0) is 9.84. The molecular weight excluding hydrogens is 180 g/mol. The van der Waals surface area contributed by atoms with E-state index in [1.165, 1.54) is 6.42 Å². The Hall–Kier alpha value is -0.620. The normalized spacial score (nSPS) is 25.5. The van der Waals surface area contributed by atoms with Gasteiger partial charge in [-0.1, -0.05) is 26.1 Å². The number of rotatable bonds is 2. The lowest BCUT2D eigenvalue weighted by Gasteiger charge is -2.35. The van der Waals surface area contributed by atoms with Crippen molar-refractivity contribution in [2.45, 2.75) is 39.2 Å². The topological polar surface area (TPSA) is 27.0 Å². The summed E-state index contributed by atoms with van der Waals surface area (Å²) >= 11 is 5.29. The molecule has 13 heavy (non-hydrogen) atoms. The Morgan fingerprint density at radius 1 is 1.77 bits per heavy atom. The minimum Gasteiger partial charge on any atom is -0.350 e. The molecule has 0 spiro atoms. The third kappa shape index (κ3) is 2.41.